The summed E-state index contributed by atoms with van der Waals surface area (Å²) < 4.78 is 13.2. The molecule has 0 aliphatic rings. The molecule has 2 aromatic carbocycles. The summed E-state index contributed by atoms with van der Waals surface area (Å²) in [4.78, 5) is 4.25. The Bertz CT molecular complexity index is 813. The van der Waals surface area contributed by atoms with Gasteiger partial charge in [0, 0.05) is 17.3 Å². The first kappa shape index (κ1) is 13.9. The summed E-state index contributed by atoms with van der Waals surface area (Å²) in [5, 5.41) is 4.34. The van der Waals surface area contributed by atoms with E-state index in [1.165, 1.54) is 12.1 Å². The number of pyridine rings is 1. The van der Waals surface area contributed by atoms with Gasteiger partial charge in [-0.3, -0.25) is 4.98 Å². The molecule has 3 nitrogen and oxygen atoms in total. The van der Waals surface area contributed by atoms with Crippen LogP contribution in [0.25, 0.3) is 10.9 Å². The normalized spacial score (nSPS) is 10.8. The van der Waals surface area contributed by atoms with Crippen LogP contribution in [-0.4, -0.2) is 4.98 Å². The predicted molar refractivity (Wildman–Crippen MR) is 85.9 cm³/mol. The first-order chi connectivity index (χ1) is 10.1. The summed E-state index contributed by atoms with van der Waals surface area (Å²) in [6.45, 7) is 0. The smallest absolute Gasteiger partial charge is 0.126 e. The molecule has 0 amide bonds. The molecule has 3 rings (SSSR count). The van der Waals surface area contributed by atoms with Crippen LogP contribution in [0.5, 0.6) is 0 Å². The molecule has 0 saturated heterocycles. The zero-order chi connectivity index (χ0) is 15.0. The number of nitrogens with one attached hydrogen (secondary N) is 1. The Hall–Kier alpha value is -2.04. The van der Waals surface area contributed by atoms with Crippen LogP contribution in [0.15, 0.2) is 42.6 Å². The Kier molecular flexibility index (Phi) is 3.57. The van der Waals surface area contributed by atoms with Gasteiger partial charge in [0.25, 0.3) is 0 Å². The van der Waals surface area contributed by atoms with Crippen molar-refractivity contribution < 1.29 is 4.39 Å². The molecule has 0 saturated carbocycles. The van der Waals surface area contributed by atoms with Gasteiger partial charge in [0.05, 0.1) is 26.9 Å². The number of rotatable bonds is 2. The van der Waals surface area contributed by atoms with Gasteiger partial charge in [-0.15, -0.1) is 0 Å². The van der Waals surface area contributed by atoms with E-state index in [9.17, 15) is 4.39 Å². The number of fused-ring (bicyclic) bond motifs is 1. The molecule has 1 aromatic heterocycles. The minimum atomic E-state index is -0.487. The molecule has 6 heteroatoms. The molecule has 0 fully saturated rings. The van der Waals surface area contributed by atoms with E-state index in [4.69, 9.17) is 28.9 Å². The molecule has 3 aromatic rings. The molecule has 0 atom stereocenters. The third kappa shape index (κ3) is 2.60. The lowest BCUT2D eigenvalue weighted by atomic mass is 10.1. The number of anilines is 3. The van der Waals surface area contributed by atoms with E-state index in [0.717, 1.165) is 11.1 Å². The first-order valence-electron chi connectivity index (χ1n) is 6.11. The average Bonchev–Trinajstić information content (AvgIpc) is 2.43. The van der Waals surface area contributed by atoms with Crippen LogP contribution >= 0.6 is 23.2 Å². The van der Waals surface area contributed by atoms with Crippen LogP contribution in [0.2, 0.25) is 10.0 Å². The first-order valence-corrected chi connectivity index (χ1v) is 6.86. The third-order valence-corrected chi connectivity index (χ3v) is 3.66. The maximum Gasteiger partial charge on any atom is 0.126 e. The molecule has 0 radical (unpaired) electrons. The third-order valence-electron chi connectivity index (χ3n) is 3.07. The van der Waals surface area contributed by atoms with Crippen molar-refractivity contribution in [3.63, 3.8) is 0 Å². The standard InChI is InChI=1S/C15H10Cl2FN3/c16-10-6-8(18)7-11(17)15(10)21-13-4-5-20-14-9(13)2-1-3-12(14)19/h1-7H,19H2,(H,20,21). The molecule has 1 heterocycles. The average molecular weight is 322 g/mol. The summed E-state index contributed by atoms with van der Waals surface area (Å²) in [7, 11) is 0. The number of nitrogens with zero attached hydrogens (tertiary/aromatic N) is 1. The summed E-state index contributed by atoms with van der Waals surface area (Å²) >= 11 is 12.1. The van der Waals surface area contributed by atoms with Crippen LogP contribution in [0.1, 0.15) is 0 Å². The number of halogens is 3. The molecule has 3 N–H and O–H groups in total. The minimum Gasteiger partial charge on any atom is -0.397 e. The van der Waals surface area contributed by atoms with Crippen LogP contribution in [0.3, 0.4) is 0 Å². The number of nitrogens with two attached hydrogens (primary N) is 1. The highest BCUT2D eigenvalue weighted by Gasteiger charge is 2.11. The maximum atomic E-state index is 13.2. The predicted octanol–water partition coefficient (Wildman–Crippen LogP) is 5.01. The molecule has 0 spiro atoms. The molecule has 0 unspecified atom stereocenters. The number of para-hydroxylation sites is 1. The largest absolute Gasteiger partial charge is 0.397 e. The zero-order valence-corrected chi connectivity index (χ0v) is 12.2. The van der Waals surface area contributed by atoms with E-state index in [2.05, 4.69) is 10.3 Å². The second-order valence-corrected chi connectivity index (χ2v) is 5.29. The van der Waals surface area contributed by atoms with E-state index in [-0.39, 0.29) is 10.0 Å². The van der Waals surface area contributed by atoms with Crippen LogP contribution in [-0.2, 0) is 0 Å². The van der Waals surface area contributed by atoms with Crippen molar-refractivity contribution in [2.75, 3.05) is 11.1 Å². The number of nitrogen functional groups attached to an aromatic ring is 1. The van der Waals surface area contributed by atoms with Gasteiger partial charge in [-0.25, -0.2) is 4.39 Å². The lowest BCUT2D eigenvalue weighted by molar-refractivity contribution is 0.628. The van der Waals surface area contributed by atoms with Crippen molar-refractivity contribution >= 4 is 51.2 Å². The topological polar surface area (TPSA) is 50.9 Å². The fraction of sp³-hybridized carbons (Fsp3) is 0. The molecule has 106 valence electrons. The van der Waals surface area contributed by atoms with Crippen molar-refractivity contribution in [1.82, 2.24) is 4.98 Å². The van der Waals surface area contributed by atoms with Crippen molar-refractivity contribution in [3.05, 3.63) is 58.5 Å². The molecule has 0 aliphatic heterocycles. The van der Waals surface area contributed by atoms with Crippen molar-refractivity contribution in [2.45, 2.75) is 0 Å². The summed E-state index contributed by atoms with van der Waals surface area (Å²) in [6, 6.07) is 9.67. The van der Waals surface area contributed by atoms with Crippen molar-refractivity contribution in [1.29, 1.82) is 0 Å². The summed E-state index contributed by atoms with van der Waals surface area (Å²) in [6.07, 6.45) is 1.63. The van der Waals surface area contributed by atoms with Crippen LogP contribution in [0, 0.1) is 5.82 Å². The number of hydrogen-bond donors (Lipinski definition) is 2. The second kappa shape index (κ2) is 5.39. The van der Waals surface area contributed by atoms with Crippen LogP contribution < -0.4 is 11.1 Å². The zero-order valence-electron chi connectivity index (χ0n) is 10.7. The highest BCUT2D eigenvalue weighted by molar-refractivity contribution is 6.39. The number of hydrogen-bond acceptors (Lipinski definition) is 3. The molecule has 0 bridgehead atoms. The van der Waals surface area contributed by atoms with Gasteiger partial charge in [0.1, 0.15) is 5.82 Å². The summed E-state index contributed by atoms with van der Waals surface area (Å²) in [5.74, 6) is -0.487. The Morgan fingerprint density at radius 1 is 1.10 bits per heavy atom. The van der Waals surface area contributed by atoms with E-state index in [0.29, 0.717) is 16.9 Å². The molecular weight excluding hydrogens is 312 g/mol. The molecule has 0 aliphatic carbocycles. The minimum absolute atomic E-state index is 0.203. The second-order valence-electron chi connectivity index (χ2n) is 4.47. The highest BCUT2D eigenvalue weighted by Crippen LogP contribution is 2.36. The molecule has 21 heavy (non-hydrogen) atoms. The van der Waals surface area contributed by atoms with E-state index in [1.54, 1.807) is 18.3 Å². The number of aromatic nitrogens is 1. The number of benzene rings is 2. The van der Waals surface area contributed by atoms with Gasteiger partial charge >= 0.3 is 0 Å². The summed E-state index contributed by atoms with van der Waals surface area (Å²) in [5.41, 5.74) is 8.34. The van der Waals surface area contributed by atoms with Gasteiger partial charge in [0.2, 0.25) is 0 Å². The van der Waals surface area contributed by atoms with Crippen molar-refractivity contribution in [3.8, 4) is 0 Å². The van der Waals surface area contributed by atoms with Crippen LogP contribution in [0.4, 0.5) is 21.5 Å². The molecular formula is C15H10Cl2FN3. The Morgan fingerprint density at radius 3 is 2.52 bits per heavy atom. The Balaban J connectivity index is 2.13. The SMILES string of the molecule is Nc1cccc2c(Nc3c(Cl)cc(F)cc3Cl)ccnc12. The maximum absolute atomic E-state index is 13.2. The fourth-order valence-electron chi connectivity index (χ4n) is 2.10. The quantitative estimate of drug-likeness (QED) is 0.652. The van der Waals surface area contributed by atoms with Gasteiger partial charge in [-0.1, -0.05) is 35.3 Å². The van der Waals surface area contributed by atoms with E-state index in [1.807, 2.05) is 12.1 Å². The monoisotopic (exact) mass is 321 g/mol. The van der Waals surface area contributed by atoms with Gasteiger partial charge in [0.15, 0.2) is 0 Å². The van der Waals surface area contributed by atoms with E-state index < -0.39 is 5.82 Å². The van der Waals surface area contributed by atoms with Crippen molar-refractivity contribution in [2.24, 2.45) is 0 Å². The lowest BCUT2D eigenvalue weighted by Gasteiger charge is -2.13. The fourth-order valence-corrected chi connectivity index (χ4v) is 2.66. The van der Waals surface area contributed by atoms with Gasteiger partial charge < -0.3 is 11.1 Å². The van der Waals surface area contributed by atoms with Gasteiger partial charge in [-0.2, -0.15) is 0 Å². The highest BCUT2D eigenvalue weighted by atomic mass is 35.5. The Labute approximate surface area is 130 Å². The Morgan fingerprint density at radius 2 is 1.81 bits per heavy atom. The lowest BCUT2D eigenvalue weighted by Crippen LogP contribution is -1.97. The van der Waals surface area contributed by atoms with Gasteiger partial charge in [-0.05, 0) is 24.3 Å². The van der Waals surface area contributed by atoms with E-state index >= 15 is 0 Å².